The highest BCUT2D eigenvalue weighted by molar-refractivity contribution is 7.80. The molecule has 25 heavy (non-hydrogen) atoms. The van der Waals surface area contributed by atoms with E-state index in [0.717, 1.165) is 23.2 Å². The maximum absolute atomic E-state index is 12.5. The van der Waals surface area contributed by atoms with Gasteiger partial charge in [-0.15, -0.1) is 0 Å². The number of thiocarbonyl (C=S) groups is 1. The maximum Gasteiger partial charge on any atom is 0.261 e. The lowest BCUT2D eigenvalue weighted by Crippen LogP contribution is -2.34. The standard InChI is InChI=1S/C20H24N2O2S/c1-5-10-24-17-9-7-6-8-16(17)19(23)22-20(25)21-18-14(3)11-13(2)12-15(18)4/h6-9,11-12H,5,10H2,1-4H3,(H2,21,22,23,25). The summed E-state index contributed by atoms with van der Waals surface area (Å²) < 4.78 is 5.63. The van der Waals surface area contributed by atoms with Crippen molar-refractivity contribution >= 4 is 28.9 Å². The van der Waals surface area contributed by atoms with Crippen molar-refractivity contribution in [2.45, 2.75) is 34.1 Å². The van der Waals surface area contributed by atoms with Gasteiger partial charge in [-0.2, -0.15) is 0 Å². The fourth-order valence-electron chi connectivity index (χ4n) is 2.68. The van der Waals surface area contributed by atoms with Gasteiger partial charge < -0.3 is 10.1 Å². The molecular formula is C20H24N2O2S. The van der Waals surface area contributed by atoms with Crippen molar-refractivity contribution in [3.05, 3.63) is 58.7 Å². The van der Waals surface area contributed by atoms with Gasteiger partial charge in [0.05, 0.1) is 12.2 Å². The first kappa shape index (κ1) is 18.9. The molecule has 0 radical (unpaired) electrons. The summed E-state index contributed by atoms with van der Waals surface area (Å²) in [5.74, 6) is 0.277. The van der Waals surface area contributed by atoms with Crippen molar-refractivity contribution in [3.8, 4) is 5.75 Å². The Bertz CT molecular complexity index is 764. The van der Waals surface area contributed by atoms with E-state index in [1.165, 1.54) is 5.56 Å². The van der Waals surface area contributed by atoms with Crippen molar-refractivity contribution < 1.29 is 9.53 Å². The molecule has 0 atom stereocenters. The van der Waals surface area contributed by atoms with Gasteiger partial charge in [0.25, 0.3) is 5.91 Å². The van der Waals surface area contributed by atoms with E-state index in [1.54, 1.807) is 18.2 Å². The van der Waals surface area contributed by atoms with Crippen molar-refractivity contribution in [1.82, 2.24) is 5.32 Å². The average molecular weight is 356 g/mol. The Balaban J connectivity index is 2.10. The third kappa shape index (κ3) is 5.03. The van der Waals surface area contributed by atoms with E-state index in [4.69, 9.17) is 17.0 Å². The molecule has 2 rings (SSSR count). The Morgan fingerprint density at radius 2 is 1.76 bits per heavy atom. The largest absolute Gasteiger partial charge is 0.493 e. The minimum Gasteiger partial charge on any atom is -0.493 e. The first-order chi connectivity index (χ1) is 11.9. The Kier molecular flexibility index (Phi) is 6.53. The average Bonchev–Trinajstić information content (AvgIpc) is 2.56. The number of benzene rings is 2. The lowest BCUT2D eigenvalue weighted by Gasteiger charge is -2.16. The first-order valence-electron chi connectivity index (χ1n) is 8.34. The predicted octanol–water partition coefficient (Wildman–Crippen LogP) is 4.53. The number of hydrogen-bond acceptors (Lipinski definition) is 3. The van der Waals surface area contributed by atoms with Gasteiger partial charge in [-0.3, -0.25) is 10.1 Å². The highest BCUT2D eigenvalue weighted by Gasteiger charge is 2.14. The van der Waals surface area contributed by atoms with E-state index in [0.29, 0.717) is 17.9 Å². The molecule has 0 aliphatic rings. The summed E-state index contributed by atoms with van der Waals surface area (Å²) in [5.41, 5.74) is 4.75. The van der Waals surface area contributed by atoms with Gasteiger partial charge in [-0.05, 0) is 62.7 Å². The molecule has 5 heteroatoms. The SMILES string of the molecule is CCCOc1ccccc1C(=O)NC(=S)Nc1c(C)cc(C)cc1C. The molecule has 2 N–H and O–H groups in total. The molecule has 2 aromatic carbocycles. The predicted molar refractivity (Wildman–Crippen MR) is 107 cm³/mol. The zero-order valence-electron chi connectivity index (χ0n) is 15.1. The summed E-state index contributed by atoms with van der Waals surface area (Å²) in [6, 6.07) is 11.3. The number of hydrogen-bond donors (Lipinski definition) is 2. The highest BCUT2D eigenvalue weighted by atomic mass is 32.1. The van der Waals surface area contributed by atoms with Crippen LogP contribution in [0, 0.1) is 20.8 Å². The number of nitrogens with one attached hydrogen (secondary N) is 2. The molecule has 0 saturated heterocycles. The Hall–Kier alpha value is -2.40. The molecule has 0 aliphatic heterocycles. The number of aryl methyl sites for hydroxylation is 3. The van der Waals surface area contributed by atoms with Crippen LogP contribution in [0.4, 0.5) is 5.69 Å². The van der Waals surface area contributed by atoms with Gasteiger partial charge >= 0.3 is 0 Å². The molecule has 132 valence electrons. The summed E-state index contributed by atoms with van der Waals surface area (Å²) >= 11 is 5.31. The number of rotatable bonds is 5. The third-order valence-corrected chi connectivity index (χ3v) is 3.94. The van der Waals surface area contributed by atoms with Crippen molar-refractivity contribution in [3.63, 3.8) is 0 Å². The van der Waals surface area contributed by atoms with E-state index in [2.05, 4.69) is 29.7 Å². The van der Waals surface area contributed by atoms with Crippen LogP contribution in [0.25, 0.3) is 0 Å². The van der Waals surface area contributed by atoms with Crippen LogP contribution in [0.3, 0.4) is 0 Å². The van der Waals surface area contributed by atoms with Crippen LogP contribution < -0.4 is 15.4 Å². The van der Waals surface area contributed by atoms with Gasteiger partial charge in [0.15, 0.2) is 5.11 Å². The molecule has 0 saturated carbocycles. The second-order valence-electron chi connectivity index (χ2n) is 6.03. The highest BCUT2D eigenvalue weighted by Crippen LogP contribution is 2.22. The lowest BCUT2D eigenvalue weighted by molar-refractivity contribution is 0.0973. The molecule has 4 nitrogen and oxygen atoms in total. The van der Waals surface area contributed by atoms with E-state index in [9.17, 15) is 4.79 Å². The van der Waals surface area contributed by atoms with Crippen LogP contribution in [0.2, 0.25) is 0 Å². The zero-order valence-corrected chi connectivity index (χ0v) is 15.9. The second kappa shape index (κ2) is 8.62. The van der Waals surface area contributed by atoms with Crippen molar-refractivity contribution in [2.24, 2.45) is 0 Å². The molecule has 0 aliphatic carbocycles. The lowest BCUT2D eigenvalue weighted by atomic mass is 10.1. The van der Waals surface area contributed by atoms with E-state index in [-0.39, 0.29) is 11.0 Å². The Morgan fingerprint density at radius 1 is 1.12 bits per heavy atom. The van der Waals surface area contributed by atoms with Gasteiger partial charge in [0, 0.05) is 5.69 Å². The number of carbonyl (C=O) groups excluding carboxylic acids is 1. The van der Waals surface area contributed by atoms with E-state index < -0.39 is 0 Å². The number of ether oxygens (including phenoxy) is 1. The molecular weight excluding hydrogens is 332 g/mol. The molecule has 0 unspecified atom stereocenters. The maximum atomic E-state index is 12.5. The van der Waals surface area contributed by atoms with Crippen molar-refractivity contribution in [1.29, 1.82) is 0 Å². The van der Waals surface area contributed by atoms with Gasteiger partial charge in [0.2, 0.25) is 0 Å². The molecule has 0 aromatic heterocycles. The normalized spacial score (nSPS) is 10.2. The minimum absolute atomic E-state index is 0.269. The molecule has 0 fully saturated rings. The van der Waals surface area contributed by atoms with Crippen LogP contribution in [0.15, 0.2) is 36.4 Å². The van der Waals surface area contributed by atoms with Crippen LogP contribution >= 0.6 is 12.2 Å². The Morgan fingerprint density at radius 3 is 2.40 bits per heavy atom. The second-order valence-corrected chi connectivity index (χ2v) is 6.43. The number of amides is 1. The van der Waals surface area contributed by atoms with E-state index in [1.807, 2.05) is 26.8 Å². The summed E-state index contributed by atoms with van der Waals surface area (Å²) in [7, 11) is 0. The quantitative estimate of drug-likeness (QED) is 0.773. The fraction of sp³-hybridized carbons (Fsp3) is 0.300. The third-order valence-electron chi connectivity index (χ3n) is 3.74. The smallest absolute Gasteiger partial charge is 0.261 e. The van der Waals surface area contributed by atoms with Crippen molar-refractivity contribution in [2.75, 3.05) is 11.9 Å². The van der Waals surface area contributed by atoms with Gasteiger partial charge in [-0.25, -0.2) is 0 Å². The molecule has 2 aromatic rings. The number of carbonyl (C=O) groups is 1. The van der Waals surface area contributed by atoms with Crippen LogP contribution in [-0.2, 0) is 0 Å². The zero-order chi connectivity index (χ0) is 18.4. The summed E-state index contributed by atoms with van der Waals surface area (Å²) in [6.45, 7) is 8.67. The molecule has 0 spiro atoms. The van der Waals surface area contributed by atoms with Crippen LogP contribution in [0.1, 0.15) is 40.4 Å². The first-order valence-corrected chi connectivity index (χ1v) is 8.75. The molecule has 1 amide bonds. The van der Waals surface area contributed by atoms with Crippen LogP contribution in [0.5, 0.6) is 5.75 Å². The molecule has 0 bridgehead atoms. The topological polar surface area (TPSA) is 50.4 Å². The number of para-hydroxylation sites is 1. The number of anilines is 1. The van der Waals surface area contributed by atoms with E-state index >= 15 is 0 Å². The monoisotopic (exact) mass is 356 g/mol. The summed E-state index contributed by atoms with van der Waals surface area (Å²) in [5, 5.41) is 6.13. The Labute approximate surface area is 154 Å². The summed E-state index contributed by atoms with van der Waals surface area (Å²) in [6.07, 6.45) is 0.877. The fourth-order valence-corrected chi connectivity index (χ4v) is 2.88. The molecule has 0 heterocycles. The van der Waals surface area contributed by atoms with Crippen LogP contribution in [-0.4, -0.2) is 17.6 Å². The van der Waals surface area contributed by atoms with Gasteiger partial charge in [-0.1, -0.05) is 36.8 Å². The summed E-state index contributed by atoms with van der Waals surface area (Å²) in [4.78, 5) is 12.5. The minimum atomic E-state index is -0.286. The van der Waals surface area contributed by atoms with Gasteiger partial charge in [0.1, 0.15) is 5.75 Å².